The summed E-state index contributed by atoms with van der Waals surface area (Å²) in [6.07, 6.45) is 0. The molecule has 0 unspecified atom stereocenters. The Kier molecular flexibility index (Phi) is 4.76. The van der Waals surface area contributed by atoms with Crippen molar-refractivity contribution >= 4 is 5.97 Å². The van der Waals surface area contributed by atoms with E-state index in [9.17, 15) is 4.79 Å². The van der Waals surface area contributed by atoms with E-state index in [4.69, 9.17) is 9.78 Å². The third kappa shape index (κ3) is 4.17. The lowest BCUT2D eigenvalue weighted by Gasteiger charge is -2.22. The summed E-state index contributed by atoms with van der Waals surface area (Å²) in [4.78, 5) is 21.8. The molecular weight excluding hydrogens is 264 g/mol. The molecule has 0 aromatic heterocycles. The molecule has 0 fully saturated rings. The van der Waals surface area contributed by atoms with Gasteiger partial charge in [0.2, 0.25) is 0 Å². The third-order valence-electron chi connectivity index (χ3n) is 3.18. The van der Waals surface area contributed by atoms with Crippen molar-refractivity contribution in [2.45, 2.75) is 32.8 Å². The number of carbonyl (C=O) groups excluding carboxylic acids is 1. The molecule has 2 aromatic carbocycles. The second-order valence-corrected chi connectivity index (χ2v) is 5.91. The van der Waals surface area contributed by atoms with Crippen LogP contribution in [0.4, 0.5) is 0 Å². The number of hydrogen-bond acceptors (Lipinski definition) is 3. The molecule has 110 valence electrons. The zero-order valence-corrected chi connectivity index (χ0v) is 12.6. The largest absolute Gasteiger partial charge is 0.373 e. The highest BCUT2D eigenvalue weighted by atomic mass is 17.2. The summed E-state index contributed by atoms with van der Waals surface area (Å²) in [5, 5.41) is 0. The van der Waals surface area contributed by atoms with Crippen molar-refractivity contribution < 1.29 is 14.6 Å². The Bertz CT molecular complexity index is 597. The van der Waals surface area contributed by atoms with Crippen LogP contribution in [-0.4, -0.2) is 5.97 Å². The van der Waals surface area contributed by atoms with E-state index in [0.29, 0.717) is 5.56 Å². The van der Waals surface area contributed by atoms with Gasteiger partial charge in [0.25, 0.3) is 0 Å². The fraction of sp³-hybridized carbons (Fsp3) is 0.278. The van der Waals surface area contributed by atoms with Gasteiger partial charge in [0.15, 0.2) is 0 Å². The average Bonchev–Trinajstić information content (AvgIpc) is 2.47. The highest BCUT2D eigenvalue weighted by Gasteiger charge is 2.17. The van der Waals surface area contributed by atoms with Gasteiger partial charge in [0.05, 0.1) is 5.56 Å². The van der Waals surface area contributed by atoms with Gasteiger partial charge in [0, 0.05) is 0 Å². The van der Waals surface area contributed by atoms with Crippen LogP contribution in [0.5, 0.6) is 0 Å². The lowest BCUT2D eigenvalue weighted by atomic mass is 9.84. The summed E-state index contributed by atoms with van der Waals surface area (Å²) >= 11 is 0. The van der Waals surface area contributed by atoms with Gasteiger partial charge in [0.1, 0.15) is 6.61 Å². The fourth-order valence-corrected chi connectivity index (χ4v) is 2.15. The first-order chi connectivity index (χ1) is 9.98. The van der Waals surface area contributed by atoms with E-state index in [1.54, 1.807) is 24.3 Å². The molecule has 0 saturated carbocycles. The van der Waals surface area contributed by atoms with Crippen LogP contribution in [0.1, 0.15) is 42.3 Å². The van der Waals surface area contributed by atoms with Crippen LogP contribution < -0.4 is 0 Å². The van der Waals surface area contributed by atoms with E-state index < -0.39 is 5.97 Å². The van der Waals surface area contributed by atoms with Gasteiger partial charge >= 0.3 is 5.97 Å². The first-order valence-corrected chi connectivity index (χ1v) is 6.96. The predicted octanol–water partition coefficient (Wildman–Crippen LogP) is 4.27. The minimum Gasteiger partial charge on any atom is -0.292 e. The Morgan fingerprint density at radius 3 is 2.24 bits per heavy atom. The molecule has 0 atom stereocenters. The van der Waals surface area contributed by atoms with Gasteiger partial charge < -0.3 is 0 Å². The van der Waals surface area contributed by atoms with Gasteiger partial charge in [-0.25, -0.2) is 4.79 Å². The van der Waals surface area contributed by atoms with Crippen LogP contribution in [0.2, 0.25) is 0 Å². The molecule has 0 amide bonds. The van der Waals surface area contributed by atoms with Crippen molar-refractivity contribution in [3.8, 4) is 0 Å². The van der Waals surface area contributed by atoms with Crippen LogP contribution in [0.25, 0.3) is 0 Å². The molecule has 21 heavy (non-hydrogen) atoms. The Balaban J connectivity index is 1.97. The zero-order valence-electron chi connectivity index (χ0n) is 12.6. The third-order valence-corrected chi connectivity index (χ3v) is 3.18. The summed E-state index contributed by atoms with van der Waals surface area (Å²) < 4.78 is 0. The first-order valence-electron chi connectivity index (χ1n) is 6.96. The highest BCUT2D eigenvalue weighted by Crippen LogP contribution is 2.26. The maximum atomic E-state index is 11.8. The molecule has 0 aliphatic carbocycles. The van der Waals surface area contributed by atoms with E-state index in [1.165, 1.54) is 5.56 Å². The molecule has 0 heterocycles. The number of carbonyl (C=O) groups is 1. The smallest absolute Gasteiger partial charge is 0.292 e. The average molecular weight is 284 g/mol. The van der Waals surface area contributed by atoms with Crippen LogP contribution >= 0.6 is 0 Å². The predicted molar refractivity (Wildman–Crippen MR) is 81.8 cm³/mol. The summed E-state index contributed by atoms with van der Waals surface area (Å²) in [5.74, 6) is -0.483. The van der Waals surface area contributed by atoms with Crippen molar-refractivity contribution in [1.29, 1.82) is 0 Å². The number of benzene rings is 2. The molecule has 0 N–H and O–H groups in total. The Hall–Kier alpha value is -2.13. The van der Waals surface area contributed by atoms with Crippen LogP contribution in [0, 0.1) is 0 Å². The second-order valence-electron chi connectivity index (χ2n) is 5.91. The highest BCUT2D eigenvalue weighted by molar-refractivity contribution is 5.88. The van der Waals surface area contributed by atoms with Crippen molar-refractivity contribution in [2.75, 3.05) is 0 Å². The minimum absolute atomic E-state index is 0.0173. The van der Waals surface area contributed by atoms with Gasteiger partial charge in [-0.15, -0.1) is 0 Å². The summed E-state index contributed by atoms with van der Waals surface area (Å²) in [6, 6.07) is 16.8. The van der Waals surface area contributed by atoms with Crippen LogP contribution in [-0.2, 0) is 21.8 Å². The zero-order chi connectivity index (χ0) is 15.3. The molecule has 0 radical (unpaired) electrons. The molecule has 0 aliphatic heterocycles. The Morgan fingerprint density at radius 1 is 0.952 bits per heavy atom. The summed E-state index contributed by atoms with van der Waals surface area (Å²) in [6.45, 7) is 6.66. The number of hydrogen-bond donors (Lipinski definition) is 0. The second kappa shape index (κ2) is 6.55. The van der Waals surface area contributed by atoms with E-state index in [-0.39, 0.29) is 12.0 Å². The summed E-state index contributed by atoms with van der Waals surface area (Å²) in [5.41, 5.74) is 2.69. The molecule has 2 rings (SSSR count). The SMILES string of the molecule is CC(C)(C)c1ccccc1COOC(=O)c1ccccc1. The van der Waals surface area contributed by atoms with Gasteiger partial charge in [-0.1, -0.05) is 63.2 Å². The molecule has 0 aliphatic rings. The first kappa shape index (κ1) is 15.3. The quantitative estimate of drug-likeness (QED) is 0.621. The fourth-order valence-electron chi connectivity index (χ4n) is 2.15. The molecule has 3 heteroatoms. The minimum atomic E-state index is -0.483. The van der Waals surface area contributed by atoms with E-state index in [1.807, 2.05) is 24.3 Å². The lowest BCUT2D eigenvalue weighted by Crippen LogP contribution is -2.15. The van der Waals surface area contributed by atoms with E-state index in [2.05, 4.69) is 26.8 Å². The van der Waals surface area contributed by atoms with Crippen molar-refractivity contribution in [2.24, 2.45) is 0 Å². The Morgan fingerprint density at radius 2 is 1.57 bits per heavy atom. The molecule has 2 aromatic rings. The van der Waals surface area contributed by atoms with Crippen molar-refractivity contribution in [1.82, 2.24) is 0 Å². The van der Waals surface area contributed by atoms with Crippen LogP contribution in [0.15, 0.2) is 54.6 Å². The topological polar surface area (TPSA) is 35.5 Å². The van der Waals surface area contributed by atoms with Crippen LogP contribution in [0.3, 0.4) is 0 Å². The van der Waals surface area contributed by atoms with E-state index in [0.717, 1.165) is 5.56 Å². The van der Waals surface area contributed by atoms with Gasteiger partial charge in [-0.2, -0.15) is 4.89 Å². The van der Waals surface area contributed by atoms with Crippen molar-refractivity contribution in [3.63, 3.8) is 0 Å². The maximum absolute atomic E-state index is 11.8. The summed E-state index contributed by atoms with van der Waals surface area (Å²) in [7, 11) is 0. The van der Waals surface area contributed by atoms with E-state index >= 15 is 0 Å². The van der Waals surface area contributed by atoms with Gasteiger partial charge in [-0.05, 0) is 28.7 Å². The molecule has 0 spiro atoms. The van der Waals surface area contributed by atoms with Gasteiger partial charge in [-0.3, -0.25) is 4.89 Å². The molecule has 0 bridgehead atoms. The monoisotopic (exact) mass is 284 g/mol. The normalized spacial score (nSPS) is 11.2. The van der Waals surface area contributed by atoms with Crippen molar-refractivity contribution in [3.05, 3.63) is 71.3 Å². The molecular formula is C18H20O3. The standard InChI is InChI=1S/C18H20O3/c1-18(2,3)16-12-8-7-11-15(16)13-20-21-17(19)14-9-5-4-6-10-14/h4-12H,13H2,1-3H3. The maximum Gasteiger partial charge on any atom is 0.373 e. The Labute approximate surface area is 125 Å². The molecule has 3 nitrogen and oxygen atoms in total. The molecule has 0 saturated heterocycles. The lowest BCUT2D eigenvalue weighted by molar-refractivity contribution is -0.250. The number of rotatable bonds is 4.